The first kappa shape index (κ1) is 19.2. The Kier molecular flexibility index (Phi) is 5.65. The molecule has 1 aromatic heterocycles. The van der Waals surface area contributed by atoms with Crippen LogP contribution in [0.5, 0.6) is 0 Å². The first-order chi connectivity index (χ1) is 12.9. The zero-order chi connectivity index (χ0) is 19.6. The molecule has 0 aliphatic carbocycles. The quantitative estimate of drug-likeness (QED) is 0.541. The normalized spacial score (nSPS) is 15.8. The van der Waals surface area contributed by atoms with Gasteiger partial charge in [0, 0.05) is 17.9 Å². The van der Waals surface area contributed by atoms with Crippen molar-refractivity contribution < 1.29 is 9.59 Å². The summed E-state index contributed by atoms with van der Waals surface area (Å²) in [5.41, 5.74) is 2.62. The molecule has 2 heterocycles. The number of aromatic amines is 1. The second kappa shape index (κ2) is 7.96. The molecule has 1 aromatic carbocycles. The van der Waals surface area contributed by atoms with Crippen molar-refractivity contribution in [2.45, 2.75) is 44.7 Å². The van der Waals surface area contributed by atoms with Crippen molar-refractivity contribution in [2.24, 2.45) is 0 Å². The van der Waals surface area contributed by atoms with Gasteiger partial charge in [-0.3, -0.25) is 14.4 Å². The zero-order valence-electron chi connectivity index (χ0n) is 15.5. The van der Waals surface area contributed by atoms with Crippen LogP contribution in [0.3, 0.4) is 0 Å². The van der Waals surface area contributed by atoms with Gasteiger partial charge in [0.1, 0.15) is 5.82 Å². The molecule has 0 spiro atoms. The molecule has 0 saturated heterocycles. The maximum Gasteiger partial charge on any atom is 0.257 e. The van der Waals surface area contributed by atoms with Crippen LogP contribution in [0.15, 0.2) is 28.2 Å². The Morgan fingerprint density at radius 3 is 2.78 bits per heavy atom. The molecule has 2 amide bonds. The maximum absolute atomic E-state index is 12.8. The third-order valence-electron chi connectivity index (χ3n) is 4.46. The minimum atomic E-state index is -0.878. The monoisotopic (exact) mass is 386 g/mol. The fraction of sp³-hybridized carbons (Fsp3) is 0.368. The van der Waals surface area contributed by atoms with E-state index in [4.69, 9.17) is 0 Å². The highest BCUT2D eigenvalue weighted by atomic mass is 32.2. The topological polar surface area (TPSA) is 104 Å². The van der Waals surface area contributed by atoms with Crippen LogP contribution in [0.2, 0.25) is 0 Å². The van der Waals surface area contributed by atoms with E-state index in [9.17, 15) is 14.4 Å². The summed E-state index contributed by atoms with van der Waals surface area (Å²) >= 11 is 1.41. The van der Waals surface area contributed by atoms with Gasteiger partial charge in [0.25, 0.3) is 5.56 Å². The van der Waals surface area contributed by atoms with Gasteiger partial charge < -0.3 is 15.6 Å². The van der Waals surface area contributed by atoms with Gasteiger partial charge in [-0.25, -0.2) is 4.98 Å². The highest BCUT2D eigenvalue weighted by Crippen LogP contribution is 2.30. The van der Waals surface area contributed by atoms with Crippen molar-refractivity contribution >= 4 is 35.1 Å². The van der Waals surface area contributed by atoms with Gasteiger partial charge in [-0.15, -0.1) is 0 Å². The Hall–Kier alpha value is -2.61. The van der Waals surface area contributed by atoms with Crippen molar-refractivity contribution in [1.82, 2.24) is 9.97 Å². The smallest absolute Gasteiger partial charge is 0.257 e. The van der Waals surface area contributed by atoms with E-state index in [1.807, 2.05) is 32.9 Å². The molecule has 142 valence electrons. The number of aryl methyl sites for hydroxylation is 2. The Morgan fingerprint density at radius 2 is 2.07 bits per heavy atom. The Labute approximate surface area is 161 Å². The Bertz CT molecular complexity index is 954. The summed E-state index contributed by atoms with van der Waals surface area (Å²) < 4.78 is 0. The summed E-state index contributed by atoms with van der Waals surface area (Å²) in [7, 11) is 0. The van der Waals surface area contributed by atoms with Crippen LogP contribution >= 0.6 is 11.8 Å². The molecular formula is C19H22N4O3S. The van der Waals surface area contributed by atoms with E-state index in [1.165, 1.54) is 11.8 Å². The van der Waals surface area contributed by atoms with E-state index in [1.54, 1.807) is 6.07 Å². The third-order valence-corrected chi connectivity index (χ3v) is 5.54. The van der Waals surface area contributed by atoms with Crippen LogP contribution in [0.25, 0.3) is 0 Å². The average molecular weight is 386 g/mol. The number of amides is 2. The molecule has 0 bridgehead atoms. The van der Waals surface area contributed by atoms with E-state index >= 15 is 0 Å². The molecule has 1 aliphatic rings. The van der Waals surface area contributed by atoms with Gasteiger partial charge in [0.05, 0.1) is 11.5 Å². The van der Waals surface area contributed by atoms with Crippen molar-refractivity contribution in [3.8, 4) is 0 Å². The lowest BCUT2D eigenvalue weighted by atomic mass is 9.92. The molecule has 0 saturated carbocycles. The molecule has 27 heavy (non-hydrogen) atoms. The molecule has 3 N–H and O–H groups in total. The molecule has 1 unspecified atom stereocenters. The molecule has 2 aromatic rings. The largest absolute Gasteiger partial charge is 0.326 e. The van der Waals surface area contributed by atoms with E-state index in [0.29, 0.717) is 10.8 Å². The maximum atomic E-state index is 12.8. The number of rotatable bonds is 5. The number of nitrogens with one attached hydrogen (secondary N) is 3. The second-order valence-corrected chi connectivity index (χ2v) is 7.66. The minimum absolute atomic E-state index is 0.0874. The predicted molar refractivity (Wildman–Crippen MR) is 106 cm³/mol. The molecule has 0 fully saturated rings. The fourth-order valence-electron chi connectivity index (χ4n) is 2.89. The summed E-state index contributed by atoms with van der Waals surface area (Å²) in [6.45, 7) is 5.97. The number of carbonyl (C=O) groups is 2. The molecule has 3 rings (SSSR count). The van der Waals surface area contributed by atoms with Gasteiger partial charge in [-0.1, -0.05) is 24.8 Å². The number of hydrogen-bond donors (Lipinski definition) is 3. The average Bonchev–Trinajstić information content (AvgIpc) is 2.62. The highest BCUT2D eigenvalue weighted by molar-refractivity contribution is 7.99. The summed E-state index contributed by atoms with van der Waals surface area (Å²) in [5, 5.41) is 5.87. The number of benzene rings is 1. The predicted octanol–water partition coefficient (Wildman–Crippen LogP) is 2.95. The van der Waals surface area contributed by atoms with E-state index in [2.05, 4.69) is 20.6 Å². The summed E-state index contributed by atoms with van der Waals surface area (Å²) in [6.07, 6.45) is 0.842. The lowest BCUT2D eigenvalue weighted by Gasteiger charge is -2.23. The number of hydrogen-bond acceptors (Lipinski definition) is 5. The van der Waals surface area contributed by atoms with Crippen molar-refractivity contribution in [1.29, 1.82) is 0 Å². The van der Waals surface area contributed by atoms with Crippen LogP contribution in [0.1, 0.15) is 42.4 Å². The van der Waals surface area contributed by atoms with E-state index in [0.717, 1.165) is 23.3 Å². The summed E-state index contributed by atoms with van der Waals surface area (Å²) in [5.74, 6) is -0.625. The number of anilines is 2. The van der Waals surface area contributed by atoms with E-state index < -0.39 is 11.8 Å². The number of thioether (sulfide) groups is 1. The van der Waals surface area contributed by atoms with Crippen LogP contribution in [0.4, 0.5) is 11.5 Å². The van der Waals surface area contributed by atoms with Gasteiger partial charge in [0.2, 0.25) is 11.8 Å². The van der Waals surface area contributed by atoms with Gasteiger partial charge in [-0.05, 0) is 43.5 Å². The van der Waals surface area contributed by atoms with Gasteiger partial charge >= 0.3 is 0 Å². The molecule has 1 atom stereocenters. The van der Waals surface area contributed by atoms with Crippen LogP contribution in [-0.4, -0.2) is 27.5 Å². The van der Waals surface area contributed by atoms with Crippen LogP contribution in [0, 0.1) is 13.8 Å². The van der Waals surface area contributed by atoms with Gasteiger partial charge in [0.15, 0.2) is 5.16 Å². The standard InChI is InChI=1S/C19H22N4O3S/c1-4-7-27-19-22-16-15(18(26)23-19)13(9-14(24)21-16)17(25)20-12-6-5-10(2)11(3)8-12/h5-6,8,13H,4,7,9H2,1-3H3,(H,20,25)(H2,21,22,23,24,26). The van der Waals surface area contributed by atoms with Crippen LogP contribution in [-0.2, 0) is 9.59 Å². The Balaban J connectivity index is 1.90. The van der Waals surface area contributed by atoms with Crippen molar-refractivity contribution in [2.75, 3.05) is 16.4 Å². The highest BCUT2D eigenvalue weighted by Gasteiger charge is 2.34. The number of aromatic nitrogens is 2. The number of nitrogens with zero attached hydrogens (tertiary/aromatic N) is 1. The molecule has 7 nitrogen and oxygen atoms in total. The molecule has 1 aliphatic heterocycles. The van der Waals surface area contributed by atoms with Crippen LogP contribution < -0.4 is 16.2 Å². The number of fused-ring (bicyclic) bond motifs is 1. The Morgan fingerprint density at radius 1 is 1.30 bits per heavy atom. The number of carbonyl (C=O) groups excluding carboxylic acids is 2. The minimum Gasteiger partial charge on any atom is -0.326 e. The first-order valence-corrected chi connectivity index (χ1v) is 9.82. The lowest BCUT2D eigenvalue weighted by molar-refractivity contribution is -0.123. The summed E-state index contributed by atoms with van der Waals surface area (Å²) in [6, 6.07) is 5.58. The van der Waals surface area contributed by atoms with Crippen molar-refractivity contribution in [3.63, 3.8) is 0 Å². The molecular weight excluding hydrogens is 364 g/mol. The third kappa shape index (κ3) is 4.21. The molecule has 0 radical (unpaired) electrons. The summed E-state index contributed by atoms with van der Waals surface area (Å²) in [4.78, 5) is 44.5. The number of H-pyrrole nitrogens is 1. The zero-order valence-corrected chi connectivity index (χ0v) is 16.3. The fourth-order valence-corrected chi connectivity index (χ4v) is 3.61. The SMILES string of the molecule is CCCSc1nc2c(c(=O)[nH]1)C(C(=O)Nc1ccc(C)c(C)c1)CC(=O)N2. The second-order valence-electron chi connectivity index (χ2n) is 6.57. The van der Waals surface area contributed by atoms with Crippen molar-refractivity contribution in [3.05, 3.63) is 45.2 Å². The molecule has 8 heteroatoms. The van der Waals surface area contributed by atoms with E-state index in [-0.39, 0.29) is 29.3 Å². The van der Waals surface area contributed by atoms with Gasteiger partial charge in [-0.2, -0.15) is 0 Å². The lowest BCUT2D eigenvalue weighted by Crippen LogP contribution is -2.36. The first-order valence-electron chi connectivity index (χ1n) is 8.84.